The third-order valence-corrected chi connectivity index (χ3v) is 7.35. The largest absolute Gasteiger partial charge is 0.331 e. The first-order valence-corrected chi connectivity index (χ1v) is 11.6. The topological polar surface area (TPSA) is 73.5 Å². The van der Waals surface area contributed by atoms with E-state index in [4.69, 9.17) is 23.8 Å². The standard InChI is InChI=1S/C19H16ClFN4O2S3/c20-10-5-7-11(8-6-10)25-16-15(30-19(25)28)17(27)24-18(23-16)29-9-14(26)22-13-4-2-1-3-12(13)21/h1-8,15-16,18,23H,9H2,(H,22,26)(H,24,27). The number of nitrogens with one attached hydrogen (secondary N) is 3. The molecule has 156 valence electrons. The van der Waals surface area contributed by atoms with Crippen molar-refractivity contribution in [3.05, 3.63) is 59.4 Å². The lowest BCUT2D eigenvalue weighted by atomic mass is 10.2. The molecule has 0 aromatic heterocycles. The first-order chi connectivity index (χ1) is 14.4. The van der Waals surface area contributed by atoms with Crippen molar-refractivity contribution >= 4 is 74.9 Å². The van der Waals surface area contributed by atoms with Gasteiger partial charge in [0, 0.05) is 10.7 Å². The zero-order valence-corrected chi connectivity index (χ0v) is 18.5. The van der Waals surface area contributed by atoms with Crippen LogP contribution in [0.3, 0.4) is 0 Å². The number of amides is 2. The van der Waals surface area contributed by atoms with Gasteiger partial charge in [-0.2, -0.15) is 0 Å². The molecule has 0 aliphatic carbocycles. The Hall–Kier alpha value is -1.85. The van der Waals surface area contributed by atoms with Crippen LogP contribution >= 0.6 is 47.3 Å². The summed E-state index contributed by atoms with van der Waals surface area (Å²) in [5, 5.41) is 8.92. The number of halogens is 2. The molecule has 0 saturated carbocycles. The van der Waals surface area contributed by atoms with E-state index in [1.54, 1.807) is 24.3 Å². The summed E-state index contributed by atoms with van der Waals surface area (Å²) in [6.45, 7) is 0. The smallest absolute Gasteiger partial charge is 0.238 e. The van der Waals surface area contributed by atoms with Crippen molar-refractivity contribution in [2.24, 2.45) is 0 Å². The Balaban J connectivity index is 1.41. The van der Waals surface area contributed by atoms with Gasteiger partial charge in [0.15, 0.2) is 0 Å². The summed E-state index contributed by atoms with van der Waals surface area (Å²) < 4.78 is 14.3. The summed E-state index contributed by atoms with van der Waals surface area (Å²) in [7, 11) is 0. The average molecular weight is 483 g/mol. The highest BCUT2D eigenvalue weighted by Gasteiger charge is 2.47. The lowest BCUT2D eigenvalue weighted by Gasteiger charge is -2.36. The molecule has 3 unspecified atom stereocenters. The summed E-state index contributed by atoms with van der Waals surface area (Å²) in [4.78, 5) is 26.7. The molecule has 0 radical (unpaired) electrons. The fourth-order valence-corrected chi connectivity index (χ4v) is 5.65. The molecule has 2 aromatic rings. The van der Waals surface area contributed by atoms with E-state index in [1.807, 2.05) is 17.0 Å². The molecule has 2 saturated heterocycles. The van der Waals surface area contributed by atoms with Gasteiger partial charge in [-0.05, 0) is 36.4 Å². The molecule has 2 heterocycles. The van der Waals surface area contributed by atoms with E-state index in [9.17, 15) is 14.0 Å². The van der Waals surface area contributed by atoms with E-state index < -0.39 is 16.6 Å². The Kier molecular flexibility index (Phi) is 6.49. The van der Waals surface area contributed by atoms with E-state index in [0.717, 1.165) is 5.69 Å². The van der Waals surface area contributed by atoms with E-state index in [0.29, 0.717) is 9.34 Å². The molecule has 11 heteroatoms. The van der Waals surface area contributed by atoms with Crippen molar-refractivity contribution in [1.82, 2.24) is 10.6 Å². The number of thioether (sulfide) groups is 2. The molecule has 30 heavy (non-hydrogen) atoms. The summed E-state index contributed by atoms with van der Waals surface area (Å²) in [6.07, 6.45) is -0.357. The van der Waals surface area contributed by atoms with Gasteiger partial charge in [0.1, 0.15) is 27.1 Å². The Morgan fingerprint density at radius 1 is 1.27 bits per heavy atom. The van der Waals surface area contributed by atoms with Crippen LogP contribution < -0.4 is 20.9 Å². The number of fused-ring (bicyclic) bond motifs is 1. The highest BCUT2D eigenvalue weighted by Crippen LogP contribution is 2.37. The summed E-state index contributed by atoms with van der Waals surface area (Å²) >= 11 is 14.0. The number of para-hydroxylation sites is 1. The number of nitrogens with zero attached hydrogens (tertiary/aromatic N) is 1. The lowest BCUT2D eigenvalue weighted by Crippen LogP contribution is -2.64. The van der Waals surface area contributed by atoms with Crippen molar-refractivity contribution in [3.8, 4) is 0 Å². The van der Waals surface area contributed by atoms with E-state index in [1.165, 1.54) is 35.7 Å². The molecule has 6 nitrogen and oxygen atoms in total. The number of carbonyl (C=O) groups is 2. The van der Waals surface area contributed by atoms with Gasteiger partial charge in [0.05, 0.1) is 11.4 Å². The molecule has 3 atom stereocenters. The maximum atomic E-state index is 13.7. The van der Waals surface area contributed by atoms with Crippen LogP contribution in [0.25, 0.3) is 0 Å². The predicted molar refractivity (Wildman–Crippen MR) is 124 cm³/mol. The van der Waals surface area contributed by atoms with Crippen molar-refractivity contribution < 1.29 is 14.0 Å². The minimum atomic E-state index is -0.502. The number of anilines is 2. The van der Waals surface area contributed by atoms with Crippen molar-refractivity contribution in [3.63, 3.8) is 0 Å². The summed E-state index contributed by atoms with van der Waals surface area (Å²) in [6, 6.07) is 13.2. The van der Waals surface area contributed by atoms with Crippen LogP contribution in [0.15, 0.2) is 48.5 Å². The predicted octanol–water partition coefficient (Wildman–Crippen LogP) is 3.39. The minimum absolute atomic E-state index is 0.0300. The van der Waals surface area contributed by atoms with Gasteiger partial charge in [-0.3, -0.25) is 14.9 Å². The van der Waals surface area contributed by atoms with Gasteiger partial charge >= 0.3 is 0 Å². The van der Waals surface area contributed by atoms with Crippen LogP contribution in [0.4, 0.5) is 15.8 Å². The molecule has 0 bridgehead atoms. The summed E-state index contributed by atoms with van der Waals surface area (Å²) in [5.74, 6) is -0.996. The minimum Gasteiger partial charge on any atom is -0.331 e. The Morgan fingerprint density at radius 3 is 2.73 bits per heavy atom. The maximum absolute atomic E-state index is 13.7. The van der Waals surface area contributed by atoms with Crippen molar-refractivity contribution in [2.75, 3.05) is 16.0 Å². The molecule has 2 aromatic carbocycles. The Morgan fingerprint density at radius 2 is 2.00 bits per heavy atom. The highest BCUT2D eigenvalue weighted by molar-refractivity contribution is 8.24. The maximum Gasteiger partial charge on any atom is 0.238 e. The molecule has 4 rings (SSSR count). The number of rotatable bonds is 5. The third-order valence-electron chi connectivity index (χ3n) is 4.48. The van der Waals surface area contributed by atoms with Gasteiger partial charge in [-0.15, -0.1) is 11.8 Å². The second kappa shape index (κ2) is 9.11. The van der Waals surface area contributed by atoms with Crippen LogP contribution in [-0.4, -0.2) is 38.8 Å². The molecule has 3 N–H and O–H groups in total. The zero-order valence-electron chi connectivity index (χ0n) is 15.3. The van der Waals surface area contributed by atoms with Gasteiger partial charge in [0.25, 0.3) is 0 Å². The second-order valence-corrected chi connectivity index (χ2v) is 9.80. The molecular weight excluding hydrogens is 467 g/mol. The van der Waals surface area contributed by atoms with Crippen molar-refractivity contribution in [2.45, 2.75) is 16.9 Å². The Labute approximate surface area is 191 Å². The summed E-state index contributed by atoms with van der Waals surface area (Å²) in [5.41, 5.74) is 0.448. The van der Waals surface area contributed by atoms with Crippen LogP contribution in [0, 0.1) is 5.82 Å². The van der Waals surface area contributed by atoms with E-state index in [2.05, 4.69) is 16.0 Å². The average Bonchev–Trinajstić information content (AvgIpc) is 3.05. The number of hydrogen-bond acceptors (Lipinski definition) is 6. The normalized spacial score (nSPS) is 23.1. The number of thiocarbonyl (C=S) groups is 1. The number of carbonyl (C=O) groups excluding carboxylic acids is 2. The molecule has 2 fully saturated rings. The molecule has 2 aliphatic heterocycles. The van der Waals surface area contributed by atoms with Gasteiger partial charge in [0.2, 0.25) is 11.8 Å². The van der Waals surface area contributed by atoms with E-state index in [-0.39, 0.29) is 29.4 Å². The zero-order chi connectivity index (χ0) is 21.3. The van der Waals surface area contributed by atoms with E-state index >= 15 is 0 Å². The Bertz CT molecular complexity index is 994. The second-order valence-electron chi connectivity index (χ2n) is 6.49. The molecular formula is C19H16ClFN4O2S3. The van der Waals surface area contributed by atoms with Gasteiger partial charge < -0.3 is 15.5 Å². The number of hydrogen-bond donors (Lipinski definition) is 3. The van der Waals surface area contributed by atoms with Crippen molar-refractivity contribution in [1.29, 1.82) is 0 Å². The van der Waals surface area contributed by atoms with Gasteiger partial charge in [-0.25, -0.2) is 4.39 Å². The third kappa shape index (κ3) is 4.57. The monoisotopic (exact) mass is 482 g/mol. The lowest BCUT2D eigenvalue weighted by molar-refractivity contribution is -0.122. The van der Waals surface area contributed by atoms with Crippen LogP contribution in [0.1, 0.15) is 0 Å². The number of benzene rings is 2. The molecule has 0 spiro atoms. The van der Waals surface area contributed by atoms with Gasteiger partial charge in [-0.1, -0.05) is 47.7 Å². The van der Waals surface area contributed by atoms with Crippen LogP contribution in [0.5, 0.6) is 0 Å². The van der Waals surface area contributed by atoms with Crippen LogP contribution in [-0.2, 0) is 9.59 Å². The first-order valence-electron chi connectivity index (χ1n) is 8.90. The molecule has 2 aliphatic rings. The highest BCUT2D eigenvalue weighted by atomic mass is 35.5. The SMILES string of the molecule is O=C(CSC1NC(=O)C2SC(=S)N(c3ccc(Cl)cc3)C2N1)Nc1ccccc1F. The fraction of sp³-hybridized carbons (Fsp3) is 0.211. The fourth-order valence-electron chi connectivity index (χ4n) is 3.11. The quantitative estimate of drug-likeness (QED) is 0.564. The first kappa shape index (κ1) is 21.4. The van der Waals surface area contributed by atoms with Crippen LogP contribution in [0.2, 0.25) is 5.02 Å². The molecule has 2 amide bonds.